The number of ether oxygens (including phenoxy) is 1. The van der Waals surface area contributed by atoms with Crippen LogP contribution in [0.25, 0.3) is 33.3 Å². The first-order valence-electron chi connectivity index (χ1n) is 11.8. The number of aryl methyl sites for hydroxylation is 3. The van der Waals surface area contributed by atoms with Crippen LogP contribution in [0, 0.1) is 18.5 Å². The van der Waals surface area contributed by atoms with Crippen molar-refractivity contribution in [3.63, 3.8) is 0 Å². The first kappa shape index (κ1) is 22.8. The zero-order valence-electron chi connectivity index (χ0n) is 19.6. The van der Waals surface area contributed by atoms with Crippen LogP contribution in [0.5, 0.6) is 11.5 Å². The van der Waals surface area contributed by atoms with E-state index in [2.05, 4.69) is 75.2 Å². The molecule has 0 bridgehead atoms. The van der Waals surface area contributed by atoms with E-state index in [1.807, 2.05) is 48.1 Å². The Balaban J connectivity index is 0.00000240. The number of aromatic nitrogens is 4. The molecule has 0 saturated heterocycles. The summed E-state index contributed by atoms with van der Waals surface area (Å²) in [6, 6.07) is 29.5. The van der Waals surface area contributed by atoms with E-state index >= 15 is 0 Å². The Kier molecular flexibility index (Phi) is 5.73. The minimum Gasteiger partial charge on any atom is -0.510 e. The van der Waals surface area contributed by atoms with Crippen LogP contribution in [0.2, 0.25) is 0 Å². The molecule has 0 N–H and O–H groups in total. The number of rotatable bonds is 3. The summed E-state index contributed by atoms with van der Waals surface area (Å²) in [6.07, 6.45) is 10.5. The van der Waals surface area contributed by atoms with Crippen molar-refractivity contribution in [2.75, 3.05) is 0 Å². The van der Waals surface area contributed by atoms with Crippen LogP contribution in [0.4, 0.5) is 0 Å². The molecule has 0 radical (unpaired) electrons. The van der Waals surface area contributed by atoms with E-state index in [1.165, 1.54) is 11.3 Å². The molecule has 0 spiro atoms. The maximum absolute atomic E-state index is 6.32. The average Bonchev–Trinajstić information content (AvgIpc) is 3.37. The minimum atomic E-state index is 0. The zero-order chi connectivity index (χ0) is 23.4. The van der Waals surface area contributed by atoms with Crippen molar-refractivity contribution in [3.05, 3.63) is 109 Å². The second kappa shape index (κ2) is 9.07. The van der Waals surface area contributed by atoms with E-state index in [1.54, 1.807) is 0 Å². The van der Waals surface area contributed by atoms with E-state index in [-0.39, 0.29) is 21.1 Å². The summed E-state index contributed by atoms with van der Waals surface area (Å²) in [7, 11) is 2.01. The molecule has 180 valence electrons. The second-order valence-electron chi connectivity index (χ2n) is 8.94. The number of fused-ring (bicyclic) bond motifs is 6. The summed E-state index contributed by atoms with van der Waals surface area (Å²) in [5, 5.41) is 2.28. The van der Waals surface area contributed by atoms with E-state index in [0.717, 1.165) is 52.6 Å². The van der Waals surface area contributed by atoms with Crippen LogP contribution >= 0.6 is 0 Å². The first-order valence-corrected chi connectivity index (χ1v) is 11.8. The second-order valence-corrected chi connectivity index (χ2v) is 8.94. The van der Waals surface area contributed by atoms with Crippen LogP contribution in [0.1, 0.15) is 17.7 Å². The third-order valence-corrected chi connectivity index (χ3v) is 6.63. The molecular weight excluding hydrogens is 627 g/mol. The molecule has 0 unspecified atom stereocenters. The van der Waals surface area contributed by atoms with Crippen LogP contribution in [0.15, 0.2) is 79.1 Å². The normalized spacial score (nSPS) is 12.6. The molecule has 0 aliphatic carbocycles. The standard InChI is InChI=1S/C30H22N4O.Pt/c1-32-19-22-8-6-7-21-12-13-23(17-28(21)33(22)20-32)35-24-14-15-26-25-9-2-3-10-27(25)34(29(26)18-24)30-11-4-5-16-31-30;/h2-5,9-16,19H,6-8H2,1H3;/q-2;. The number of para-hydroxylation sites is 1. The van der Waals surface area contributed by atoms with E-state index in [9.17, 15) is 0 Å². The fraction of sp³-hybridized carbons (Fsp3) is 0.133. The Hall–Kier alpha value is -3.69. The Morgan fingerprint density at radius 2 is 1.72 bits per heavy atom. The Labute approximate surface area is 223 Å². The molecule has 0 saturated carbocycles. The van der Waals surface area contributed by atoms with Gasteiger partial charge in [-0.15, -0.1) is 29.7 Å². The molecule has 3 aromatic heterocycles. The van der Waals surface area contributed by atoms with Gasteiger partial charge in [0.05, 0.1) is 7.05 Å². The predicted octanol–water partition coefficient (Wildman–Crippen LogP) is 5.47. The number of hydrogen-bond donors (Lipinski definition) is 0. The van der Waals surface area contributed by atoms with Crippen LogP contribution in [-0.4, -0.2) is 14.1 Å². The molecular formula is C30H22N4OPt-2. The summed E-state index contributed by atoms with van der Waals surface area (Å²) in [6.45, 7) is 0. The third-order valence-electron chi connectivity index (χ3n) is 6.63. The quantitative estimate of drug-likeness (QED) is 0.188. The molecule has 0 atom stereocenters. The van der Waals surface area contributed by atoms with Crippen molar-refractivity contribution >= 4 is 21.8 Å². The van der Waals surface area contributed by atoms with Gasteiger partial charge < -0.3 is 18.4 Å². The molecule has 0 amide bonds. The van der Waals surface area contributed by atoms with Crippen LogP contribution < -0.4 is 9.30 Å². The van der Waals surface area contributed by atoms with E-state index < -0.39 is 0 Å². The Morgan fingerprint density at radius 3 is 2.61 bits per heavy atom. The van der Waals surface area contributed by atoms with Gasteiger partial charge in [-0.3, -0.25) is 0 Å². The molecule has 6 aromatic rings. The minimum absolute atomic E-state index is 0. The Morgan fingerprint density at radius 1 is 0.889 bits per heavy atom. The van der Waals surface area contributed by atoms with Gasteiger partial charge in [-0.05, 0) is 30.0 Å². The van der Waals surface area contributed by atoms with Crippen molar-refractivity contribution in [1.29, 1.82) is 0 Å². The third kappa shape index (κ3) is 3.75. The molecule has 5 nitrogen and oxygen atoms in total. The van der Waals surface area contributed by atoms with Gasteiger partial charge in [-0.25, -0.2) is 4.98 Å². The Bertz CT molecular complexity index is 1720. The maximum Gasteiger partial charge on any atom is 0.241 e. The van der Waals surface area contributed by atoms with E-state index in [0.29, 0.717) is 11.5 Å². The zero-order valence-corrected chi connectivity index (χ0v) is 21.9. The van der Waals surface area contributed by atoms with Crippen molar-refractivity contribution in [2.45, 2.75) is 19.3 Å². The van der Waals surface area contributed by atoms with Crippen LogP contribution in [0.3, 0.4) is 0 Å². The largest absolute Gasteiger partial charge is 0.510 e. The number of imidazole rings is 1. The van der Waals surface area contributed by atoms with Crippen molar-refractivity contribution < 1.29 is 30.4 Å². The van der Waals surface area contributed by atoms with Gasteiger partial charge in [-0.2, -0.15) is 17.7 Å². The number of hydrogen-bond acceptors (Lipinski definition) is 2. The molecule has 6 heteroatoms. The van der Waals surface area contributed by atoms with Crippen molar-refractivity contribution in [1.82, 2.24) is 14.1 Å². The fourth-order valence-electron chi connectivity index (χ4n) is 5.09. The fourth-order valence-corrected chi connectivity index (χ4v) is 5.09. The summed E-state index contributed by atoms with van der Waals surface area (Å²) in [4.78, 5) is 4.60. The van der Waals surface area contributed by atoms with Crippen molar-refractivity contribution in [2.24, 2.45) is 7.05 Å². The molecule has 1 aliphatic heterocycles. The van der Waals surface area contributed by atoms with Gasteiger partial charge in [0.1, 0.15) is 5.82 Å². The molecule has 3 aromatic carbocycles. The average molecular weight is 650 g/mol. The molecule has 0 fully saturated rings. The molecule has 36 heavy (non-hydrogen) atoms. The molecule has 4 heterocycles. The topological polar surface area (TPSA) is 35.9 Å². The van der Waals surface area contributed by atoms with Crippen molar-refractivity contribution in [3.8, 4) is 23.0 Å². The number of nitrogens with zero attached hydrogens (tertiary/aromatic N) is 4. The molecule has 7 rings (SSSR count). The summed E-state index contributed by atoms with van der Waals surface area (Å²) < 4.78 is 12.5. The van der Waals surface area contributed by atoms with E-state index in [4.69, 9.17) is 4.74 Å². The van der Waals surface area contributed by atoms with Crippen LogP contribution in [-0.2, 0) is 41.0 Å². The van der Waals surface area contributed by atoms with Gasteiger partial charge in [0.15, 0.2) is 0 Å². The molecule has 1 aliphatic rings. The van der Waals surface area contributed by atoms with Gasteiger partial charge in [0.25, 0.3) is 0 Å². The smallest absolute Gasteiger partial charge is 0.241 e. The summed E-state index contributed by atoms with van der Waals surface area (Å²) in [5.74, 6) is 2.16. The van der Waals surface area contributed by atoms with Gasteiger partial charge in [0.2, 0.25) is 6.33 Å². The number of benzene rings is 3. The first-order chi connectivity index (χ1) is 17.2. The maximum atomic E-state index is 6.32. The van der Waals surface area contributed by atoms with Gasteiger partial charge >= 0.3 is 0 Å². The predicted molar refractivity (Wildman–Crippen MR) is 134 cm³/mol. The monoisotopic (exact) mass is 649 g/mol. The summed E-state index contributed by atoms with van der Waals surface area (Å²) in [5.41, 5.74) is 5.55. The van der Waals surface area contributed by atoms with Gasteiger partial charge in [0, 0.05) is 56.2 Å². The van der Waals surface area contributed by atoms with Gasteiger partial charge in [-0.1, -0.05) is 48.3 Å². The number of pyridine rings is 1. The SMILES string of the molecule is Cn1[c-][n+]2c(c1)CCCc1ccc(Oc3[c-]c4c(cc3)c3ccccc3n4-c3ccccn3)[c-]c1-2.[Pt]. The summed E-state index contributed by atoms with van der Waals surface area (Å²) >= 11 is 0.